The Labute approximate surface area is 133 Å². The second-order valence-electron chi connectivity index (χ2n) is 9.05. The predicted octanol–water partition coefficient (Wildman–Crippen LogP) is 6.64. The van der Waals surface area contributed by atoms with Crippen LogP contribution in [0.1, 0.15) is 84.9 Å². The normalized spacial score (nSPS) is 13.3. The van der Waals surface area contributed by atoms with Crippen molar-refractivity contribution < 1.29 is 0 Å². The summed E-state index contributed by atoms with van der Waals surface area (Å²) in [5, 5.41) is 0. The van der Waals surface area contributed by atoms with E-state index < -0.39 is 0 Å². The summed E-state index contributed by atoms with van der Waals surface area (Å²) in [6.07, 6.45) is 2.47. The van der Waals surface area contributed by atoms with Crippen molar-refractivity contribution >= 4 is 0 Å². The highest BCUT2D eigenvalue weighted by atomic mass is 14.3. The van der Waals surface area contributed by atoms with E-state index in [1.165, 1.54) is 29.5 Å². The summed E-state index contributed by atoms with van der Waals surface area (Å²) < 4.78 is 0. The van der Waals surface area contributed by atoms with Crippen molar-refractivity contribution in [2.24, 2.45) is 11.8 Å². The highest BCUT2D eigenvalue weighted by Gasteiger charge is 2.27. The molecule has 0 heteroatoms. The first-order chi connectivity index (χ1) is 9.44. The Balaban J connectivity index is 3.22. The Bertz CT molecular complexity index is 421. The Morgan fingerprint density at radius 3 is 1.33 bits per heavy atom. The van der Waals surface area contributed by atoms with Gasteiger partial charge < -0.3 is 0 Å². The lowest BCUT2D eigenvalue weighted by atomic mass is 9.72. The van der Waals surface area contributed by atoms with Crippen LogP contribution < -0.4 is 0 Å². The van der Waals surface area contributed by atoms with Gasteiger partial charge in [0.05, 0.1) is 0 Å². The Morgan fingerprint density at radius 2 is 1.05 bits per heavy atom. The maximum absolute atomic E-state index is 2.47. The van der Waals surface area contributed by atoms with Gasteiger partial charge in [-0.3, -0.25) is 0 Å². The fourth-order valence-corrected chi connectivity index (χ4v) is 3.84. The van der Waals surface area contributed by atoms with E-state index in [2.05, 4.69) is 80.5 Å². The smallest absolute Gasteiger partial charge is 0.0101 e. The fourth-order valence-electron chi connectivity index (χ4n) is 3.84. The van der Waals surface area contributed by atoms with Gasteiger partial charge in [-0.15, -0.1) is 0 Å². The molecule has 0 amide bonds. The van der Waals surface area contributed by atoms with Crippen LogP contribution in [0.5, 0.6) is 0 Å². The van der Waals surface area contributed by atoms with Gasteiger partial charge in [0.25, 0.3) is 0 Å². The van der Waals surface area contributed by atoms with E-state index in [9.17, 15) is 0 Å². The van der Waals surface area contributed by atoms with Crippen molar-refractivity contribution in [2.75, 3.05) is 0 Å². The van der Waals surface area contributed by atoms with Crippen LogP contribution in [0.4, 0.5) is 0 Å². The topological polar surface area (TPSA) is 0 Å². The summed E-state index contributed by atoms with van der Waals surface area (Å²) >= 11 is 0. The van der Waals surface area contributed by atoms with Gasteiger partial charge in [-0.2, -0.15) is 0 Å². The van der Waals surface area contributed by atoms with Gasteiger partial charge >= 0.3 is 0 Å². The highest BCUT2D eigenvalue weighted by molar-refractivity contribution is 5.37. The first-order valence-corrected chi connectivity index (χ1v) is 8.57. The lowest BCUT2D eigenvalue weighted by molar-refractivity contribution is 0.388. The van der Waals surface area contributed by atoms with Gasteiger partial charge in [0.2, 0.25) is 0 Å². The highest BCUT2D eigenvalue weighted by Crippen LogP contribution is 2.36. The summed E-state index contributed by atoms with van der Waals surface area (Å²) in [7, 11) is 0. The molecule has 0 spiro atoms. The number of rotatable bonds is 6. The molecule has 0 aliphatic heterocycles. The first-order valence-electron chi connectivity index (χ1n) is 8.57. The van der Waals surface area contributed by atoms with Crippen molar-refractivity contribution in [3.63, 3.8) is 0 Å². The molecule has 0 saturated carbocycles. The van der Waals surface area contributed by atoms with Crippen LogP contribution in [0.3, 0.4) is 0 Å². The summed E-state index contributed by atoms with van der Waals surface area (Å²) in [5.41, 5.74) is 4.91. The molecule has 0 N–H and O–H groups in total. The zero-order chi connectivity index (χ0) is 16.4. The van der Waals surface area contributed by atoms with E-state index in [4.69, 9.17) is 0 Å². The van der Waals surface area contributed by atoms with Gasteiger partial charge in [-0.25, -0.2) is 0 Å². The Morgan fingerprint density at radius 1 is 0.714 bits per heavy atom. The molecule has 120 valence electrons. The molecule has 0 saturated heterocycles. The van der Waals surface area contributed by atoms with E-state index in [0.717, 1.165) is 11.8 Å². The van der Waals surface area contributed by atoms with E-state index in [-0.39, 0.29) is 10.8 Å². The average Bonchev–Trinajstić information content (AvgIpc) is 2.24. The molecule has 0 bridgehead atoms. The minimum absolute atomic E-state index is 0.253. The first kappa shape index (κ1) is 18.3. The lowest BCUT2D eigenvalue weighted by Crippen LogP contribution is -2.24. The van der Waals surface area contributed by atoms with Crippen molar-refractivity contribution in [3.8, 4) is 0 Å². The second kappa shape index (κ2) is 6.55. The van der Waals surface area contributed by atoms with E-state index >= 15 is 0 Å². The third-order valence-corrected chi connectivity index (χ3v) is 4.48. The molecular formula is C21H36. The standard InChI is InChI=1S/C21H36/c1-15(2)13-20(6,7)18-10-17(5)11-19(12-18)21(8,9)14-16(3)4/h10-12,15-16H,13-14H2,1-9H3. The van der Waals surface area contributed by atoms with Crippen LogP contribution in [0.15, 0.2) is 18.2 Å². The van der Waals surface area contributed by atoms with Gasteiger partial charge in [-0.1, -0.05) is 79.2 Å². The molecule has 1 aromatic carbocycles. The summed E-state index contributed by atoms with van der Waals surface area (Å²) in [5.74, 6) is 1.46. The summed E-state index contributed by atoms with van der Waals surface area (Å²) in [6, 6.07) is 7.24. The monoisotopic (exact) mass is 288 g/mol. The SMILES string of the molecule is Cc1cc(C(C)(C)CC(C)C)cc(C(C)(C)CC(C)C)c1. The zero-order valence-electron chi connectivity index (χ0n) is 15.8. The maximum atomic E-state index is 2.47. The quantitative estimate of drug-likeness (QED) is 0.550. The number of hydrogen-bond acceptors (Lipinski definition) is 0. The minimum atomic E-state index is 0.253. The van der Waals surface area contributed by atoms with Crippen LogP contribution in [-0.2, 0) is 10.8 Å². The van der Waals surface area contributed by atoms with E-state index in [1.54, 1.807) is 0 Å². The Kier molecular flexibility index (Phi) is 5.69. The summed E-state index contributed by atoms with van der Waals surface area (Å²) in [6.45, 7) is 21.1. The van der Waals surface area contributed by atoms with Crippen LogP contribution in [0, 0.1) is 18.8 Å². The third-order valence-electron chi connectivity index (χ3n) is 4.48. The molecule has 0 unspecified atom stereocenters. The van der Waals surface area contributed by atoms with Crippen LogP contribution in [0.2, 0.25) is 0 Å². The minimum Gasteiger partial charge on any atom is -0.0627 e. The third kappa shape index (κ3) is 5.16. The van der Waals surface area contributed by atoms with Gasteiger partial charge in [0, 0.05) is 0 Å². The molecule has 1 rings (SSSR count). The fraction of sp³-hybridized carbons (Fsp3) is 0.714. The Hall–Kier alpha value is -0.780. The molecule has 0 heterocycles. The molecular weight excluding hydrogens is 252 g/mol. The van der Waals surface area contributed by atoms with E-state index in [1.807, 2.05) is 0 Å². The molecule has 0 aliphatic carbocycles. The van der Waals surface area contributed by atoms with Crippen LogP contribution in [-0.4, -0.2) is 0 Å². The molecule has 0 radical (unpaired) electrons. The van der Waals surface area contributed by atoms with Crippen molar-refractivity contribution in [1.82, 2.24) is 0 Å². The maximum Gasteiger partial charge on any atom is -0.0101 e. The van der Waals surface area contributed by atoms with Crippen LogP contribution in [0.25, 0.3) is 0 Å². The van der Waals surface area contributed by atoms with Crippen molar-refractivity contribution in [2.45, 2.75) is 86.0 Å². The second-order valence-corrected chi connectivity index (χ2v) is 9.05. The number of hydrogen-bond donors (Lipinski definition) is 0. The number of benzene rings is 1. The molecule has 21 heavy (non-hydrogen) atoms. The van der Waals surface area contributed by atoms with Gasteiger partial charge in [0.15, 0.2) is 0 Å². The van der Waals surface area contributed by atoms with E-state index in [0.29, 0.717) is 0 Å². The molecule has 0 aliphatic rings. The lowest BCUT2D eigenvalue weighted by Gasteiger charge is -2.32. The molecule has 1 aromatic rings. The molecule has 0 atom stereocenters. The van der Waals surface area contributed by atoms with Crippen molar-refractivity contribution in [3.05, 3.63) is 34.9 Å². The predicted molar refractivity (Wildman–Crippen MR) is 96.1 cm³/mol. The number of aryl methyl sites for hydroxylation is 1. The van der Waals surface area contributed by atoms with Crippen LogP contribution >= 0.6 is 0 Å². The van der Waals surface area contributed by atoms with Gasteiger partial charge in [-0.05, 0) is 53.6 Å². The molecule has 0 nitrogen and oxygen atoms in total. The average molecular weight is 289 g/mol. The van der Waals surface area contributed by atoms with Crippen molar-refractivity contribution in [1.29, 1.82) is 0 Å². The largest absolute Gasteiger partial charge is 0.0627 e. The van der Waals surface area contributed by atoms with Gasteiger partial charge in [0.1, 0.15) is 0 Å². The molecule has 0 aromatic heterocycles. The molecule has 0 fully saturated rings. The summed E-state index contributed by atoms with van der Waals surface area (Å²) in [4.78, 5) is 0. The zero-order valence-corrected chi connectivity index (χ0v) is 15.8.